The Labute approximate surface area is 105 Å². The zero-order valence-corrected chi connectivity index (χ0v) is 9.60. The standard InChI is InChI=1S/C11H8F3NO4/c1-7(16)10(15(17)18)6-8-2-4-9(5-3-8)19-11(12,13)14/h2-6H,1H3/b10-6+. The third-order valence-corrected chi connectivity index (χ3v) is 1.97. The van der Waals surface area contributed by atoms with Crippen molar-refractivity contribution in [2.24, 2.45) is 0 Å². The van der Waals surface area contributed by atoms with Crippen molar-refractivity contribution in [2.45, 2.75) is 13.3 Å². The van der Waals surface area contributed by atoms with Crippen molar-refractivity contribution in [1.29, 1.82) is 0 Å². The van der Waals surface area contributed by atoms with Gasteiger partial charge in [0.05, 0.1) is 4.92 Å². The van der Waals surface area contributed by atoms with Crippen LogP contribution in [0.2, 0.25) is 0 Å². The molecule has 0 saturated heterocycles. The van der Waals surface area contributed by atoms with Gasteiger partial charge in [-0.25, -0.2) is 0 Å². The number of benzene rings is 1. The second-order valence-corrected chi connectivity index (χ2v) is 3.46. The molecule has 0 unspecified atom stereocenters. The van der Waals surface area contributed by atoms with Gasteiger partial charge in [0, 0.05) is 13.0 Å². The Hall–Kier alpha value is -2.38. The van der Waals surface area contributed by atoms with Gasteiger partial charge in [0.1, 0.15) is 5.75 Å². The normalized spacial score (nSPS) is 12.1. The highest BCUT2D eigenvalue weighted by atomic mass is 19.4. The van der Waals surface area contributed by atoms with Crippen LogP contribution in [-0.2, 0) is 4.79 Å². The minimum Gasteiger partial charge on any atom is -0.406 e. The highest BCUT2D eigenvalue weighted by Gasteiger charge is 2.30. The van der Waals surface area contributed by atoms with E-state index in [9.17, 15) is 28.1 Å². The molecule has 5 nitrogen and oxygen atoms in total. The van der Waals surface area contributed by atoms with E-state index in [0.29, 0.717) is 0 Å². The van der Waals surface area contributed by atoms with Gasteiger partial charge < -0.3 is 4.74 Å². The van der Waals surface area contributed by atoms with Crippen LogP contribution in [0.4, 0.5) is 13.2 Å². The van der Waals surface area contributed by atoms with Gasteiger partial charge in [-0.3, -0.25) is 14.9 Å². The number of nitrogens with zero attached hydrogens (tertiary/aromatic N) is 1. The Bertz CT molecular complexity index is 504. The maximum absolute atomic E-state index is 11.9. The van der Waals surface area contributed by atoms with E-state index in [-0.39, 0.29) is 5.56 Å². The molecule has 8 heteroatoms. The molecule has 0 N–H and O–H groups in total. The van der Waals surface area contributed by atoms with Crippen LogP contribution in [0.3, 0.4) is 0 Å². The molecule has 102 valence electrons. The molecule has 0 bridgehead atoms. The molecule has 19 heavy (non-hydrogen) atoms. The monoisotopic (exact) mass is 275 g/mol. The lowest BCUT2D eigenvalue weighted by atomic mass is 10.1. The summed E-state index contributed by atoms with van der Waals surface area (Å²) in [6.45, 7) is 1.02. The molecule has 1 rings (SSSR count). The van der Waals surface area contributed by atoms with Crippen LogP contribution in [0, 0.1) is 10.1 Å². The summed E-state index contributed by atoms with van der Waals surface area (Å²) >= 11 is 0. The zero-order chi connectivity index (χ0) is 14.6. The van der Waals surface area contributed by atoms with E-state index in [1.165, 1.54) is 12.1 Å². The number of ketones is 1. The Morgan fingerprint density at radius 2 is 1.84 bits per heavy atom. The van der Waals surface area contributed by atoms with Gasteiger partial charge >= 0.3 is 12.1 Å². The summed E-state index contributed by atoms with van der Waals surface area (Å²) in [6, 6.07) is 4.34. The average molecular weight is 275 g/mol. The van der Waals surface area contributed by atoms with E-state index >= 15 is 0 Å². The van der Waals surface area contributed by atoms with Crippen molar-refractivity contribution in [3.05, 3.63) is 45.6 Å². The predicted molar refractivity (Wildman–Crippen MR) is 58.8 cm³/mol. The molecular weight excluding hydrogens is 267 g/mol. The fourth-order valence-electron chi connectivity index (χ4n) is 1.21. The van der Waals surface area contributed by atoms with Crippen LogP contribution in [-0.4, -0.2) is 17.1 Å². The lowest BCUT2D eigenvalue weighted by Crippen LogP contribution is -2.16. The summed E-state index contributed by atoms with van der Waals surface area (Å²) in [5.41, 5.74) is -0.430. The summed E-state index contributed by atoms with van der Waals surface area (Å²) in [5, 5.41) is 10.5. The lowest BCUT2D eigenvalue weighted by molar-refractivity contribution is -0.417. The number of carbonyl (C=O) groups excluding carboxylic acids is 1. The largest absolute Gasteiger partial charge is 0.573 e. The fraction of sp³-hybridized carbons (Fsp3) is 0.182. The minimum atomic E-state index is -4.80. The van der Waals surface area contributed by atoms with E-state index in [1.54, 1.807) is 0 Å². The lowest BCUT2D eigenvalue weighted by Gasteiger charge is -2.08. The van der Waals surface area contributed by atoms with Crippen LogP contribution in [0.1, 0.15) is 12.5 Å². The smallest absolute Gasteiger partial charge is 0.406 e. The quantitative estimate of drug-likeness (QED) is 0.481. The van der Waals surface area contributed by atoms with Crippen molar-refractivity contribution >= 4 is 11.9 Å². The topological polar surface area (TPSA) is 69.4 Å². The van der Waals surface area contributed by atoms with Crippen molar-refractivity contribution in [1.82, 2.24) is 0 Å². The molecule has 0 aliphatic heterocycles. The maximum Gasteiger partial charge on any atom is 0.573 e. The summed E-state index contributed by atoms with van der Waals surface area (Å²) in [7, 11) is 0. The summed E-state index contributed by atoms with van der Waals surface area (Å²) in [4.78, 5) is 20.6. The molecule has 0 atom stereocenters. The first-order valence-corrected chi connectivity index (χ1v) is 4.92. The Morgan fingerprint density at radius 3 is 2.21 bits per heavy atom. The molecule has 0 aromatic heterocycles. The molecule has 0 aliphatic rings. The summed E-state index contributed by atoms with van der Waals surface area (Å²) < 4.78 is 39.3. The maximum atomic E-state index is 11.9. The molecular formula is C11H8F3NO4. The molecule has 0 spiro atoms. The van der Waals surface area contributed by atoms with Crippen LogP contribution in [0.25, 0.3) is 6.08 Å². The number of hydrogen-bond donors (Lipinski definition) is 0. The van der Waals surface area contributed by atoms with Gasteiger partial charge in [-0.15, -0.1) is 13.2 Å². The number of alkyl halides is 3. The van der Waals surface area contributed by atoms with Crippen LogP contribution in [0.5, 0.6) is 5.75 Å². The average Bonchev–Trinajstić information content (AvgIpc) is 2.25. The van der Waals surface area contributed by atoms with Crippen molar-refractivity contribution in [2.75, 3.05) is 0 Å². The number of halogens is 3. The van der Waals surface area contributed by atoms with Gasteiger partial charge in [0.2, 0.25) is 5.78 Å². The summed E-state index contributed by atoms with van der Waals surface area (Å²) in [5.74, 6) is -1.20. The van der Waals surface area contributed by atoms with Gasteiger partial charge in [-0.1, -0.05) is 12.1 Å². The third-order valence-electron chi connectivity index (χ3n) is 1.97. The van der Waals surface area contributed by atoms with Crippen molar-refractivity contribution in [3.63, 3.8) is 0 Å². The van der Waals surface area contributed by atoms with Crippen LogP contribution in [0.15, 0.2) is 30.0 Å². The first-order chi connectivity index (χ1) is 8.69. The molecule has 0 fully saturated rings. The van der Waals surface area contributed by atoms with Gasteiger partial charge in [0.15, 0.2) is 0 Å². The van der Waals surface area contributed by atoms with E-state index in [1.807, 2.05) is 0 Å². The van der Waals surface area contributed by atoms with E-state index in [4.69, 9.17) is 0 Å². The number of hydrogen-bond acceptors (Lipinski definition) is 4. The number of allylic oxidation sites excluding steroid dienone is 1. The molecule has 1 aromatic rings. The van der Waals surface area contributed by atoms with E-state index in [0.717, 1.165) is 25.1 Å². The number of ether oxygens (including phenoxy) is 1. The Balaban J connectivity index is 2.96. The van der Waals surface area contributed by atoms with E-state index < -0.39 is 28.5 Å². The molecule has 0 saturated carbocycles. The second-order valence-electron chi connectivity index (χ2n) is 3.46. The van der Waals surface area contributed by atoms with Crippen molar-refractivity contribution < 1.29 is 27.6 Å². The van der Waals surface area contributed by atoms with Crippen LogP contribution < -0.4 is 4.74 Å². The second kappa shape index (κ2) is 5.51. The first-order valence-electron chi connectivity index (χ1n) is 4.92. The molecule has 0 aliphatic carbocycles. The third kappa shape index (κ3) is 4.78. The van der Waals surface area contributed by atoms with E-state index in [2.05, 4.69) is 4.74 Å². The van der Waals surface area contributed by atoms with Crippen molar-refractivity contribution in [3.8, 4) is 5.75 Å². The molecule has 1 aromatic carbocycles. The Kier molecular flexibility index (Phi) is 4.26. The number of Topliss-reactive ketones (excluding diaryl/α,β-unsaturated/α-hetero) is 1. The first kappa shape index (κ1) is 14.7. The SMILES string of the molecule is CC(=O)/C(=C\c1ccc(OC(F)(F)F)cc1)[N+](=O)[O-]. The van der Waals surface area contributed by atoms with Gasteiger partial charge in [0.25, 0.3) is 0 Å². The molecule has 0 radical (unpaired) electrons. The number of rotatable bonds is 4. The van der Waals surface area contributed by atoms with Crippen LogP contribution >= 0.6 is 0 Å². The highest BCUT2D eigenvalue weighted by Crippen LogP contribution is 2.23. The Morgan fingerprint density at radius 1 is 1.32 bits per heavy atom. The predicted octanol–water partition coefficient (Wildman–Crippen LogP) is 2.79. The molecule has 0 amide bonds. The number of nitro groups is 1. The van der Waals surface area contributed by atoms with Gasteiger partial charge in [-0.2, -0.15) is 0 Å². The summed E-state index contributed by atoms with van der Waals surface area (Å²) in [6.07, 6.45) is -3.83. The van der Waals surface area contributed by atoms with Gasteiger partial charge in [-0.05, 0) is 17.7 Å². The highest BCUT2D eigenvalue weighted by molar-refractivity contribution is 5.95. The number of carbonyl (C=O) groups is 1. The molecule has 0 heterocycles. The fourth-order valence-corrected chi connectivity index (χ4v) is 1.21. The minimum absolute atomic E-state index is 0.219. The zero-order valence-electron chi connectivity index (χ0n) is 9.60.